The van der Waals surface area contributed by atoms with Gasteiger partial charge in [-0.3, -0.25) is 9.48 Å². The molecule has 0 unspecified atom stereocenters. The number of anilines is 1. The Morgan fingerprint density at radius 1 is 1.21 bits per heavy atom. The molecule has 0 saturated carbocycles. The second kappa shape index (κ2) is 10.2. The number of carbonyl (C=O) groups excluding carboxylic acids is 1. The predicted molar refractivity (Wildman–Crippen MR) is 140 cm³/mol. The second-order valence-electron chi connectivity index (χ2n) is 8.49. The van der Waals surface area contributed by atoms with Gasteiger partial charge in [0, 0.05) is 57.7 Å². The fourth-order valence-electron chi connectivity index (χ4n) is 4.25. The van der Waals surface area contributed by atoms with Crippen LogP contribution in [0.5, 0.6) is 0 Å². The van der Waals surface area contributed by atoms with E-state index >= 15 is 0 Å². The molecule has 3 N–H and O–H groups in total. The minimum Gasteiger partial charge on any atom is -0.345 e. The first-order valence-corrected chi connectivity index (χ1v) is 12.9. The Balaban J connectivity index is 1.44. The summed E-state index contributed by atoms with van der Waals surface area (Å²) in [5, 5.41) is 9.19. The van der Waals surface area contributed by atoms with Crippen molar-refractivity contribution in [3.63, 3.8) is 0 Å². The standard InChI is InChI=1S/C25H27ClN6OS/c1-2-9-34-31-18-3-4-23(26)21(11-18)24(33)22-14-29-25-20(22)10-16(12-28-25)17-13-30-32(15-17)19-5-7-27-8-6-19/h3-4,10-15,19,27,31H,2,5-9H2,1H3,(H,28,29). The molecule has 0 spiro atoms. The fourth-order valence-corrected chi connectivity index (χ4v) is 5.05. The Hall–Kier alpha value is -2.81. The largest absolute Gasteiger partial charge is 0.345 e. The van der Waals surface area contributed by atoms with Crippen LogP contribution in [0.3, 0.4) is 0 Å². The number of carbonyl (C=O) groups is 1. The molecule has 1 saturated heterocycles. The van der Waals surface area contributed by atoms with Crippen LogP contribution in [-0.4, -0.2) is 44.4 Å². The number of nitrogens with one attached hydrogen (secondary N) is 3. The third-order valence-corrected chi connectivity index (χ3v) is 7.42. The van der Waals surface area contributed by atoms with E-state index in [-0.39, 0.29) is 5.78 Å². The number of fused-ring (bicyclic) bond motifs is 1. The molecule has 4 aromatic rings. The van der Waals surface area contributed by atoms with Gasteiger partial charge in [0.15, 0.2) is 5.78 Å². The molecule has 0 bridgehead atoms. The van der Waals surface area contributed by atoms with Crippen molar-refractivity contribution in [1.82, 2.24) is 25.1 Å². The number of nitrogens with zero attached hydrogens (tertiary/aromatic N) is 3. The van der Waals surface area contributed by atoms with Gasteiger partial charge in [-0.1, -0.05) is 30.5 Å². The van der Waals surface area contributed by atoms with Crippen molar-refractivity contribution in [3.8, 4) is 11.1 Å². The molecule has 9 heteroatoms. The van der Waals surface area contributed by atoms with Gasteiger partial charge in [0.05, 0.1) is 17.3 Å². The molecule has 0 radical (unpaired) electrons. The summed E-state index contributed by atoms with van der Waals surface area (Å²) in [7, 11) is 0. The molecule has 34 heavy (non-hydrogen) atoms. The summed E-state index contributed by atoms with van der Waals surface area (Å²) in [5.41, 5.74) is 4.46. The lowest BCUT2D eigenvalue weighted by atomic mass is 10.0. The number of piperidine rings is 1. The first kappa shape index (κ1) is 23.0. The van der Waals surface area contributed by atoms with Gasteiger partial charge < -0.3 is 15.0 Å². The minimum absolute atomic E-state index is 0.134. The van der Waals surface area contributed by atoms with Crippen LogP contribution in [0.2, 0.25) is 5.02 Å². The monoisotopic (exact) mass is 494 g/mol. The van der Waals surface area contributed by atoms with Crippen LogP contribution in [0.25, 0.3) is 22.2 Å². The van der Waals surface area contributed by atoms with E-state index in [0.717, 1.165) is 60.3 Å². The predicted octanol–water partition coefficient (Wildman–Crippen LogP) is 5.71. The van der Waals surface area contributed by atoms with Crippen LogP contribution in [0.1, 0.15) is 48.1 Å². The van der Waals surface area contributed by atoms with E-state index in [1.165, 1.54) is 0 Å². The maximum absolute atomic E-state index is 13.5. The number of ketones is 1. The van der Waals surface area contributed by atoms with Crippen LogP contribution in [-0.2, 0) is 0 Å². The third kappa shape index (κ3) is 4.71. The van der Waals surface area contributed by atoms with Crippen molar-refractivity contribution in [2.45, 2.75) is 32.2 Å². The van der Waals surface area contributed by atoms with Gasteiger partial charge in [-0.15, -0.1) is 0 Å². The number of rotatable bonds is 8. The van der Waals surface area contributed by atoms with E-state index in [1.807, 2.05) is 30.6 Å². The zero-order valence-electron chi connectivity index (χ0n) is 19.0. The van der Waals surface area contributed by atoms with Crippen molar-refractivity contribution in [2.75, 3.05) is 23.6 Å². The Labute approximate surface area is 207 Å². The molecule has 4 heterocycles. The molecule has 1 aromatic carbocycles. The number of hydrogen-bond donors (Lipinski definition) is 3. The number of aromatic nitrogens is 4. The molecule has 3 aromatic heterocycles. The molecular weight excluding hydrogens is 468 g/mol. The fraction of sp³-hybridized carbons (Fsp3) is 0.320. The van der Waals surface area contributed by atoms with Crippen molar-refractivity contribution in [1.29, 1.82) is 0 Å². The average molecular weight is 495 g/mol. The summed E-state index contributed by atoms with van der Waals surface area (Å²) in [5.74, 6) is 0.849. The molecule has 1 fully saturated rings. The summed E-state index contributed by atoms with van der Waals surface area (Å²) in [4.78, 5) is 21.2. The number of halogens is 1. The van der Waals surface area contributed by atoms with Crippen molar-refractivity contribution in [2.24, 2.45) is 0 Å². The van der Waals surface area contributed by atoms with E-state index in [9.17, 15) is 4.79 Å². The molecule has 0 aliphatic carbocycles. The highest BCUT2D eigenvalue weighted by atomic mass is 35.5. The summed E-state index contributed by atoms with van der Waals surface area (Å²) in [6.45, 7) is 4.15. The molecule has 0 amide bonds. The van der Waals surface area contributed by atoms with Crippen molar-refractivity contribution >= 4 is 46.1 Å². The lowest BCUT2D eigenvalue weighted by Gasteiger charge is -2.22. The van der Waals surface area contributed by atoms with Gasteiger partial charge >= 0.3 is 0 Å². The number of aromatic amines is 1. The average Bonchev–Trinajstić information content (AvgIpc) is 3.53. The lowest BCUT2D eigenvalue weighted by Crippen LogP contribution is -2.29. The van der Waals surface area contributed by atoms with Crippen molar-refractivity contribution in [3.05, 3.63) is 65.2 Å². The van der Waals surface area contributed by atoms with E-state index in [1.54, 1.807) is 24.2 Å². The quantitative estimate of drug-likeness (QED) is 0.165. The Kier molecular flexibility index (Phi) is 6.89. The smallest absolute Gasteiger partial charge is 0.196 e. The first-order valence-electron chi connectivity index (χ1n) is 11.6. The van der Waals surface area contributed by atoms with Gasteiger partial charge in [0.1, 0.15) is 5.65 Å². The Bertz CT molecular complexity index is 1310. The van der Waals surface area contributed by atoms with Gasteiger partial charge in [0.2, 0.25) is 0 Å². The number of hydrogen-bond acceptors (Lipinski definition) is 6. The zero-order chi connectivity index (χ0) is 23.5. The zero-order valence-corrected chi connectivity index (χ0v) is 20.5. The molecular formula is C25H27ClN6OS. The summed E-state index contributed by atoms with van der Waals surface area (Å²) >= 11 is 8.04. The second-order valence-corrected chi connectivity index (χ2v) is 9.80. The SMILES string of the molecule is CCCSNc1ccc(Cl)c(C(=O)c2c[nH]c3ncc(-c4cnn(C5CCNCC5)c4)cc23)c1. The number of benzene rings is 1. The molecule has 1 aliphatic heterocycles. The first-order chi connectivity index (χ1) is 16.6. The molecule has 176 valence electrons. The van der Waals surface area contributed by atoms with E-state index in [4.69, 9.17) is 11.6 Å². The van der Waals surface area contributed by atoms with Gasteiger partial charge in [-0.2, -0.15) is 5.10 Å². The van der Waals surface area contributed by atoms with Crippen LogP contribution in [0.4, 0.5) is 5.69 Å². The number of H-pyrrole nitrogens is 1. The van der Waals surface area contributed by atoms with E-state index < -0.39 is 0 Å². The van der Waals surface area contributed by atoms with Crippen LogP contribution in [0.15, 0.2) is 49.1 Å². The molecule has 7 nitrogen and oxygen atoms in total. The van der Waals surface area contributed by atoms with Gasteiger partial charge in [-0.05, 0) is 56.6 Å². The maximum atomic E-state index is 13.5. The summed E-state index contributed by atoms with van der Waals surface area (Å²) in [6, 6.07) is 7.87. The maximum Gasteiger partial charge on any atom is 0.196 e. The van der Waals surface area contributed by atoms with E-state index in [2.05, 4.69) is 42.9 Å². The highest BCUT2D eigenvalue weighted by Crippen LogP contribution is 2.30. The van der Waals surface area contributed by atoms with Gasteiger partial charge in [0.25, 0.3) is 0 Å². The molecule has 1 aliphatic rings. The van der Waals surface area contributed by atoms with Crippen molar-refractivity contribution < 1.29 is 4.79 Å². The van der Waals surface area contributed by atoms with E-state index in [0.29, 0.717) is 27.8 Å². The topological polar surface area (TPSA) is 87.6 Å². The Morgan fingerprint density at radius 2 is 2.06 bits per heavy atom. The highest BCUT2D eigenvalue weighted by Gasteiger charge is 2.20. The number of pyridine rings is 1. The Morgan fingerprint density at radius 3 is 2.88 bits per heavy atom. The van der Waals surface area contributed by atoms with Crippen LogP contribution < -0.4 is 10.0 Å². The summed E-state index contributed by atoms with van der Waals surface area (Å²) in [6.07, 6.45) is 10.7. The van der Waals surface area contributed by atoms with Crippen LogP contribution >= 0.6 is 23.5 Å². The third-order valence-electron chi connectivity index (χ3n) is 6.10. The van der Waals surface area contributed by atoms with Gasteiger partial charge in [-0.25, -0.2) is 4.98 Å². The van der Waals surface area contributed by atoms with Crippen LogP contribution in [0, 0.1) is 0 Å². The molecule has 5 rings (SSSR count). The summed E-state index contributed by atoms with van der Waals surface area (Å²) < 4.78 is 5.34. The lowest BCUT2D eigenvalue weighted by molar-refractivity contribution is 0.104. The molecule has 0 atom stereocenters. The normalized spacial score (nSPS) is 14.5. The highest BCUT2D eigenvalue weighted by molar-refractivity contribution is 8.00. The minimum atomic E-state index is -0.134.